The topological polar surface area (TPSA) is 88.4 Å². The van der Waals surface area contributed by atoms with E-state index in [4.69, 9.17) is 19.8 Å². The predicted molar refractivity (Wildman–Crippen MR) is 57.7 cm³/mol. The van der Waals surface area contributed by atoms with Gasteiger partial charge in [-0.15, -0.1) is 0 Å². The summed E-state index contributed by atoms with van der Waals surface area (Å²) in [5.74, 6) is -1.04. The van der Waals surface area contributed by atoms with Gasteiger partial charge in [0.15, 0.2) is 0 Å². The second-order valence-electron chi connectivity index (χ2n) is 3.52. The summed E-state index contributed by atoms with van der Waals surface area (Å²) < 4.78 is 9.85. The van der Waals surface area contributed by atoms with Crippen LogP contribution in [0.15, 0.2) is 5.16 Å². The molecule has 0 unspecified atom stereocenters. The van der Waals surface area contributed by atoms with Gasteiger partial charge < -0.3 is 19.8 Å². The summed E-state index contributed by atoms with van der Waals surface area (Å²) >= 11 is 0. The van der Waals surface area contributed by atoms with Gasteiger partial charge in [-0.1, -0.05) is 5.16 Å². The molecule has 1 rings (SSSR count). The first kappa shape index (κ1) is 14.9. The summed E-state index contributed by atoms with van der Waals surface area (Å²) in [5, 5.41) is 19.0. The van der Waals surface area contributed by atoms with Crippen LogP contribution in [-0.2, 0) is 14.3 Å². The van der Waals surface area contributed by atoms with Crippen LogP contribution in [0.25, 0.3) is 0 Å². The smallest absolute Gasteiger partial charge is 0.361 e. The van der Waals surface area contributed by atoms with Gasteiger partial charge in [-0.2, -0.15) is 0 Å². The van der Waals surface area contributed by atoms with Crippen molar-refractivity contribution < 1.29 is 24.6 Å². The van der Waals surface area contributed by atoms with Crippen LogP contribution in [0, 0.1) is 0 Å². The van der Waals surface area contributed by atoms with E-state index in [1.165, 1.54) is 0 Å². The second-order valence-corrected chi connectivity index (χ2v) is 3.52. The van der Waals surface area contributed by atoms with Crippen molar-refractivity contribution in [2.24, 2.45) is 5.16 Å². The summed E-state index contributed by atoms with van der Waals surface area (Å²) in [6, 6.07) is 0. The Hall–Kier alpha value is -1.14. The number of aliphatic carboxylic acids is 1. The molecule has 6 nitrogen and oxygen atoms in total. The number of nitrogens with zero attached hydrogens (tertiary/aromatic N) is 1. The van der Waals surface area contributed by atoms with Crippen LogP contribution < -0.4 is 0 Å². The molecular formula is C10H19NO5. The summed E-state index contributed by atoms with van der Waals surface area (Å²) in [4.78, 5) is 10.4. The maximum Gasteiger partial charge on any atom is 0.361 e. The van der Waals surface area contributed by atoms with Crippen molar-refractivity contribution in [1.82, 2.24) is 0 Å². The van der Waals surface area contributed by atoms with Crippen molar-refractivity contribution in [3.63, 3.8) is 0 Å². The molecule has 0 bridgehead atoms. The molecule has 0 aromatic carbocycles. The van der Waals surface area contributed by atoms with Gasteiger partial charge >= 0.3 is 5.97 Å². The SMILES string of the molecule is CC(C)=NO.O=C(O)C1OCCCCCO1. The lowest BCUT2D eigenvalue weighted by molar-refractivity contribution is -0.192. The minimum atomic E-state index is -1.05. The molecule has 0 amide bonds. The highest BCUT2D eigenvalue weighted by atomic mass is 16.7. The third-order valence-electron chi connectivity index (χ3n) is 1.73. The van der Waals surface area contributed by atoms with Gasteiger partial charge in [-0.25, -0.2) is 4.79 Å². The fourth-order valence-corrected chi connectivity index (χ4v) is 0.952. The van der Waals surface area contributed by atoms with E-state index in [1.54, 1.807) is 13.8 Å². The van der Waals surface area contributed by atoms with Gasteiger partial charge in [-0.3, -0.25) is 0 Å². The lowest BCUT2D eigenvalue weighted by atomic mass is 10.2. The molecule has 0 spiro atoms. The Labute approximate surface area is 94.9 Å². The fraction of sp³-hybridized carbons (Fsp3) is 0.800. The number of carboxylic acid groups (broad SMARTS) is 1. The molecule has 1 heterocycles. The molecule has 94 valence electrons. The zero-order chi connectivity index (χ0) is 12.4. The van der Waals surface area contributed by atoms with Crippen LogP contribution in [0.1, 0.15) is 33.1 Å². The van der Waals surface area contributed by atoms with Gasteiger partial charge in [0, 0.05) is 0 Å². The summed E-state index contributed by atoms with van der Waals surface area (Å²) in [5.41, 5.74) is 0.685. The first-order chi connectivity index (χ1) is 7.57. The number of carbonyl (C=O) groups is 1. The third-order valence-corrected chi connectivity index (χ3v) is 1.73. The van der Waals surface area contributed by atoms with E-state index in [9.17, 15) is 4.79 Å². The zero-order valence-corrected chi connectivity index (χ0v) is 9.68. The number of hydrogen-bond donors (Lipinski definition) is 2. The molecule has 2 N–H and O–H groups in total. The van der Waals surface area contributed by atoms with Crippen molar-refractivity contribution >= 4 is 11.7 Å². The molecule has 0 aromatic heterocycles. The standard InChI is InChI=1S/C7H12O4.C3H7NO/c8-6(9)7-10-4-2-1-3-5-11-7;1-3(2)4-5/h7H,1-5H2,(H,8,9);5H,1-2H3. The average molecular weight is 233 g/mol. The van der Waals surface area contributed by atoms with Gasteiger partial charge in [0.1, 0.15) is 0 Å². The molecule has 1 fully saturated rings. The Balaban J connectivity index is 0.000000385. The van der Waals surface area contributed by atoms with E-state index >= 15 is 0 Å². The summed E-state index contributed by atoms with van der Waals surface area (Å²) in [6.45, 7) is 4.41. The van der Waals surface area contributed by atoms with E-state index in [0.717, 1.165) is 19.3 Å². The predicted octanol–water partition coefficient (Wildman–Crippen LogP) is 1.47. The van der Waals surface area contributed by atoms with E-state index in [1.807, 2.05) is 0 Å². The minimum absolute atomic E-state index is 0.483. The number of hydrogen-bond acceptors (Lipinski definition) is 5. The van der Waals surface area contributed by atoms with Crippen LogP contribution >= 0.6 is 0 Å². The van der Waals surface area contributed by atoms with Gasteiger partial charge in [-0.05, 0) is 33.1 Å². The Bertz CT molecular complexity index is 217. The molecule has 1 aliphatic rings. The van der Waals surface area contributed by atoms with Crippen LogP contribution in [0.4, 0.5) is 0 Å². The molecule has 0 atom stereocenters. The minimum Gasteiger partial charge on any atom is -0.477 e. The highest BCUT2D eigenvalue weighted by Crippen LogP contribution is 2.06. The quantitative estimate of drug-likeness (QED) is 0.407. The molecule has 0 saturated carbocycles. The largest absolute Gasteiger partial charge is 0.477 e. The highest BCUT2D eigenvalue weighted by Gasteiger charge is 2.19. The fourth-order valence-electron chi connectivity index (χ4n) is 0.952. The van der Waals surface area contributed by atoms with Crippen LogP contribution in [0.3, 0.4) is 0 Å². The normalized spacial score (nSPS) is 17.4. The molecule has 1 saturated heterocycles. The number of carboxylic acids is 1. The van der Waals surface area contributed by atoms with E-state index in [0.29, 0.717) is 18.9 Å². The number of rotatable bonds is 1. The number of oxime groups is 1. The zero-order valence-electron chi connectivity index (χ0n) is 9.68. The Morgan fingerprint density at radius 3 is 1.94 bits per heavy atom. The maximum absolute atomic E-state index is 10.4. The van der Waals surface area contributed by atoms with Gasteiger partial charge in [0.2, 0.25) is 0 Å². The third kappa shape index (κ3) is 8.19. The average Bonchev–Trinajstić information content (AvgIpc) is 2.17. The van der Waals surface area contributed by atoms with Crippen LogP contribution in [0.5, 0.6) is 0 Å². The second kappa shape index (κ2) is 9.11. The molecule has 0 aromatic rings. The monoisotopic (exact) mass is 233 g/mol. The molecule has 0 aliphatic carbocycles. The van der Waals surface area contributed by atoms with Gasteiger partial charge in [0.05, 0.1) is 18.9 Å². The lowest BCUT2D eigenvalue weighted by Crippen LogP contribution is -2.29. The molecule has 16 heavy (non-hydrogen) atoms. The van der Waals surface area contributed by atoms with Crippen molar-refractivity contribution in [2.45, 2.75) is 39.4 Å². The Kier molecular flexibility index (Phi) is 8.46. The van der Waals surface area contributed by atoms with Crippen LogP contribution in [-0.4, -0.2) is 41.5 Å². The Morgan fingerprint density at radius 2 is 1.62 bits per heavy atom. The molecule has 6 heteroatoms. The molecular weight excluding hydrogens is 214 g/mol. The lowest BCUT2D eigenvalue weighted by Gasteiger charge is -2.16. The van der Waals surface area contributed by atoms with Crippen molar-refractivity contribution in [1.29, 1.82) is 0 Å². The first-order valence-electron chi connectivity index (χ1n) is 5.19. The molecule has 0 radical (unpaired) electrons. The van der Waals surface area contributed by atoms with Crippen molar-refractivity contribution in [3.05, 3.63) is 0 Å². The van der Waals surface area contributed by atoms with Crippen LogP contribution in [0.2, 0.25) is 0 Å². The number of ether oxygens (including phenoxy) is 2. The Morgan fingerprint density at radius 1 is 1.19 bits per heavy atom. The van der Waals surface area contributed by atoms with E-state index < -0.39 is 12.3 Å². The van der Waals surface area contributed by atoms with E-state index in [2.05, 4.69) is 5.16 Å². The highest BCUT2D eigenvalue weighted by molar-refractivity contribution is 5.78. The summed E-state index contributed by atoms with van der Waals surface area (Å²) in [6.07, 6.45) is 1.85. The van der Waals surface area contributed by atoms with Crippen molar-refractivity contribution in [2.75, 3.05) is 13.2 Å². The first-order valence-corrected chi connectivity index (χ1v) is 5.19. The van der Waals surface area contributed by atoms with E-state index in [-0.39, 0.29) is 0 Å². The van der Waals surface area contributed by atoms with Gasteiger partial charge in [0.25, 0.3) is 6.29 Å². The maximum atomic E-state index is 10.4. The molecule has 1 aliphatic heterocycles. The summed E-state index contributed by atoms with van der Waals surface area (Å²) in [7, 11) is 0. The van der Waals surface area contributed by atoms with Crippen molar-refractivity contribution in [3.8, 4) is 0 Å².